The monoisotopic (exact) mass is 229 g/mol. The predicted octanol–water partition coefficient (Wildman–Crippen LogP) is 2.94. The summed E-state index contributed by atoms with van der Waals surface area (Å²) in [6, 6.07) is 0. The van der Waals surface area contributed by atoms with E-state index < -0.39 is 0 Å². The minimum Gasteiger partial charge on any atom is -0.691 e. The van der Waals surface area contributed by atoms with Gasteiger partial charge in [0.05, 0.1) is 0 Å². The second-order valence-electron chi connectivity index (χ2n) is 3.53. The molecule has 0 aliphatic rings. The Morgan fingerprint density at radius 1 is 1.40 bits per heavy atom. The average Bonchev–Trinajstić information content (AvgIpc) is 1.62. The Kier molecular flexibility index (Phi) is 6.27. The molecule has 1 nitrogen and oxygen atoms in total. The van der Waals surface area contributed by atoms with Crippen molar-refractivity contribution in [3.63, 3.8) is 0 Å². The van der Waals surface area contributed by atoms with Gasteiger partial charge < -0.3 is 5.32 Å². The number of nitrogens with zero attached hydrogens (tertiary/aromatic N) is 1. The third kappa shape index (κ3) is 8.16. The summed E-state index contributed by atoms with van der Waals surface area (Å²) < 4.78 is 0. The fraction of sp³-hybridized carbons (Fsp3) is 0.750. The van der Waals surface area contributed by atoms with E-state index >= 15 is 0 Å². The van der Waals surface area contributed by atoms with E-state index in [-0.39, 0.29) is 19.5 Å². The Bertz CT molecular complexity index is 102. The maximum Gasteiger partial charge on any atom is 0 e. The van der Waals surface area contributed by atoms with E-state index in [4.69, 9.17) is 0 Å². The van der Waals surface area contributed by atoms with Crippen molar-refractivity contribution < 1.29 is 19.5 Å². The first-order valence-electron chi connectivity index (χ1n) is 3.23. The summed E-state index contributed by atoms with van der Waals surface area (Å²) >= 11 is 0. The van der Waals surface area contributed by atoms with Gasteiger partial charge in [-0.3, -0.25) is 0 Å². The van der Waals surface area contributed by atoms with E-state index in [2.05, 4.69) is 32.7 Å². The molecule has 63 valence electrons. The van der Waals surface area contributed by atoms with E-state index in [0.29, 0.717) is 5.41 Å². The van der Waals surface area contributed by atoms with Crippen molar-refractivity contribution in [1.29, 1.82) is 0 Å². The topological polar surface area (TPSA) is 14.1 Å². The minimum atomic E-state index is 0. The van der Waals surface area contributed by atoms with Crippen molar-refractivity contribution in [1.82, 2.24) is 0 Å². The number of allylic oxidation sites excluding steroid dienone is 1. The van der Waals surface area contributed by atoms with Crippen LogP contribution >= 0.6 is 0 Å². The van der Waals surface area contributed by atoms with Gasteiger partial charge in [-0.1, -0.05) is 20.8 Å². The number of rotatable bonds is 2. The van der Waals surface area contributed by atoms with Gasteiger partial charge >= 0.3 is 0 Å². The van der Waals surface area contributed by atoms with Gasteiger partial charge in [-0.15, -0.1) is 13.6 Å². The molecular weight excluding hydrogens is 213 g/mol. The van der Waals surface area contributed by atoms with Gasteiger partial charge in [0.25, 0.3) is 0 Å². The molecule has 0 fully saturated rings. The molecule has 0 aliphatic heterocycles. The fourth-order valence-corrected chi connectivity index (χ4v) is 0.691. The minimum absolute atomic E-state index is 0. The molecule has 0 aliphatic carbocycles. The Balaban J connectivity index is 0. The zero-order valence-corrected chi connectivity index (χ0v) is 8.83. The van der Waals surface area contributed by atoms with Crippen molar-refractivity contribution in [3.05, 3.63) is 17.6 Å². The smallest absolute Gasteiger partial charge is 0 e. The average molecular weight is 229 g/mol. The molecule has 2 heteroatoms. The SMILES string of the molecule is C=C(CC(C)(C)C)[N-]C.[Rh]. The molecule has 1 radical (unpaired) electrons. The first kappa shape index (κ1) is 12.8. The first-order valence-corrected chi connectivity index (χ1v) is 3.23. The molecule has 0 spiro atoms. The van der Waals surface area contributed by atoms with Crippen molar-refractivity contribution in [2.45, 2.75) is 27.2 Å². The molecule has 0 aromatic carbocycles. The predicted molar refractivity (Wildman–Crippen MR) is 42.5 cm³/mol. The molecule has 10 heavy (non-hydrogen) atoms. The van der Waals surface area contributed by atoms with Gasteiger partial charge in [-0.2, -0.15) is 5.70 Å². The van der Waals surface area contributed by atoms with Crippen LogP contribution in [0.1, 0.15) is 27.2 Å². The van der Waals surface area contributed by atoms with E-state index in [0.717, 1.165) is 12.1 Å². The number of hydrogen-bond acceptors (Lipinski definition) is 0. The quantitative estimate of drug-likeness (QED) is 0.646. The van der Waals surface area contributed by atoms with Gasteiger partial charge in [-0.25, -0.2) is 0 Å². The summed E-state index contributed by atoms with van der Waals surface area (Å²) in [6.45, 7) is 10.3. The van der Waals surface area contributed by atoms with Crippen LogP contribution in [0.5, 0.6) is 0 Å². The van der Waals surface area contributed by atoms with Crippen LogP contribution in [0.15, 0.2) is 12.3 Å². The van der Waals surface area contributed by atoms with Crippen LogP contribution < -0.4 is 0 Å². The Morgan fingerprint density at radius 2 is 1.80 bits per heavy atom. The van der Waals surface area contributed by atoms with Crippen molar-refractivity contribution >= 4 is 0 Å². The van der Waals surface area contributed by atoms with Crippen molar-refractivity contribution in [2.24, 2.45) is 5.41 Å². The summed E-state index contributed by atoms with van der Waals surface area (Å²) in [6.07, 6.45) is 0.990. The third-order valence-corrected chi connectivity index (χ3v) is 1.05. The zero-order chi connectivity index (χ0) is 7.49. The molecule has 0 N–H and O–H groups in total. The summed E-state index contributed by atoms with van der Waals surface area (Å²) in [4.78, 5) is 0. The Morgan fingerprint density at radius 3 is 1.90 bits per heavy atom. The summed E-state index contributed by atoms with van der Waals surface area (Å²) in [5.41, 5.74) is 1.32. The van der Waals surface area contributed by atoms with Gasteiger partial charge in [0.2, 0.25) is 0 Å². The molecule has 0 amide bonds. The molecule has 0 bridgehead atoms. The molecule has 0 rings (SSSR count). The molecule has 0 aromatic heterocycles. The Labute approximate surface area is 77.0 Å². The summed E-state index contributed by atoms with van der Waals surface area (Å²) in [7, 11) is 1.79. The van der Waals surface area contributed by atoms with E-state index in [1.807, 2.05) is 0 Å². The van der Waals surface area contributed by atoms with Gasteiger partial charge in [0.1, 0.15) is 0 Å². The van der Waals surface area contributed by atoms with Crippen molar-refractivity contribution in [3.8, 4) is 0 Å². The molecular formula is C8H16NRh-. The van der Waals surface area contributed by atoms with E-state index in [9.17, 15) is 0 Å². The second kappa shape index (κ2) is 4.90. The van der Waals surface area contributed by atoms with Crippen LogP contribution in [-0.4, -0.2) is 7.05 Å². The zero-order valence-electron chi connectivity index (χ0n) is 7.19. The third-order valence-electron chi connectivity index (χ3n) is 1.05. The molecule has 0 unspecified atom stereocenters. The second-order valence-corrected chi connectivity index (χ2v) is 3.53. The normalized spacial score (nSPS) is 10.0. The van der Waals surface area contributed by atoms with Crippen LogP contribution in [0.2, 0.25) is 0 Å². The van der Waals surface area contributed by atoms with E-state index in [1.165, 1.54) is 0 Å². The molecule has 0 saturated heterocycles. The maximum atomic E-state index is 3.98. The molecule has 0 aromatic rings. The van der Waals surface area contributed by atoms with E-state index in [1.54, 1.807) is 7.05 Å². The molecule has 0 heterocycles. The molecule has 0 atom stereocenters. The maximum absolute atomic E-state index is 3.98. The van der Waals surface area contributed by atoms with Crippen molar-refractivity contribution in [2.75, 3.05) is 7.05 Å². The fourth-order valence-electron chi connectivity index (χ4n) is 0.691. The first-order chi connectivity index (χ1) is 3.95. The van der Waals surface area contributed by atoms with Gasteiger partial charge in [-0.05, 0) is 11.8 Å². The van der Waals surface area contributed by atoms with Crippen LogP contribution in [0.4, 0.5) is 0 Å². The summed E-state index contributed by atoms with van der Waals surface area (Å²) in [5, 5.41) is 3.98. The van der Waals surface area contributed by atoms with Crippen LogP contribution in [-0.2, 0) is 19.5 Å². The van der Waals surface area contributed by atoms with Crippen LogP contribution in [0.3, 0.4) is 0 Å². The van der Waals surface area contributed by atoms with Crippen LogP contribution in [0.25, 0.3) is 5.32 Å². The van der Waals surface area contributed by atoms with Gasteiger partial charge in [0, 0.05) is 19.5 Å². The summed E-state index contributed by atoms with van der Waals surface area (Å²) in [5.74, 6) is 0. The number of hydrogen-bond donors (Lipinski definition) is 0. The van der Waals surface area contributed by atoms with Gasteiger partial charge in [0.15, 0.2) is 0 Å². The Hall–Kier alpha value is 0.163. The van der Waals surface area contributed by atoms with Crippen LogP contribution in [0, 0.1) is 5.41 Å². The standard InChI is InChI=1S/C8H16N.Rh/c1-7(9-5)6-8(2,3)4;/h1,6H2,2-5H3;/q-1;. The molecule has 0 saturated carbocycles. The largest absolute Gasteiger partial charge is 0.691 e.